The van der Waals surface area contributed by atoms with Crippen LogP contribution in [-0.4, -0.2) is 146 Å². The first-order chi connectivity index (χ1) is 33.5. The third-order valence-electron chi connectivity index (χ3n) is 14.1. The summed E-state index contributed by atoms with van der Waals surface area (Å²) >= 11 is 9.30. The molecule has 8 rings (SSSR count). The first-order valence-corrected chi connectivity index (χ1v) is 26.3. The molecule has 70 heavy (non-hydrogen) atoms. The number of aryl methyl sites for hydroxylation is 1. The van der Waals surface area contributed by atoms with E-state index in [0.717, 1.165) is 72.8 Å². The molecule has 0 bridgehead atoms. The number of nitrogens with one attached hydrogen (secondary N) is 4. The number of hydrogen-bond donors (Lipinski definition) is 5. The highest BCUT2D eigenvalue weighted by Gasteiger charge is 2.54. The van der Waals surface area contributed by atoms with Gasteiger partial charge in [-0.2, -0.15) is 16.7 Å². The fraction of sp³-hybridized carbons (Fsp3) is 0.540. The number of rotatable bonds is 18. The zero-order valence-electron chi connectivity index (χ0n) is 40.4. The van der Waals surface area contributed by atoms with E-state index in [1.54, 1.807) is 55.5 Å². The summed E-state index contributed by atoms with van der Waals surface area (Å²) in [5, 5.41) is 23.0. The highest BCUT2D eigenvalue weighted by molar-refractivity contribution is 8.00. The average Bonchev–Trinajstić information content (AvgIpc) is 3.77. The molecule has 4 heterocycles. The number of thiazole rings is 1. The summed E-state index contributed by atoms with van der Waals surface area (Å²) in [6.07, 6.45) is 5.01. The lowest BCUT2D eigenvalue weighted by molar-refractivity contribution is -0.143. The molecule has 0 spiro atoms. The summed E-state index contributed by atoms with van der Waals surface area (Å²) < 4.78 is 19.9. The molecule has 2 aromatic heterocycles. The van der Waals surface area contributed by atoms with Crippen LogP contribution in [-0.2, 0) is 20.9 Å². The number of nitrogens with zero attached hydrogens (tertiary/aromatic N) is 6. The topological polar surface area (TPSA) is 194 Å². The monoisotopic (exact) mass is 1020 g/mol. The van der Waals surface area contributed by atoms with E-state index in [1.807, 2.05) is 55.4 Å². The Kier molecular flexibility index (Phi) is 16.2. The smallest absolute Gasteiger partial charge is 0.258 e. The standard InChI is InChI=1S/C50H64ClFN10O6S2/c1-30-41(69-29-56-30)34-12-10-31(11-13-34)24-54-44(64)39-23-36(63)27-62(39)46(66)42(58-47(67)50(52)16-17-50)49(2,3)70-28-33-8-6-32(7-9-33)26-60-18-20-61(21-19-60)45(65)35-14-15-38(40(22-35)68-5)57-48-55-25-37(51)43(53-4)59-48/h10-15,22,25,29,32-33,36,39,42,63H,6-9,16-21,23-24,26-28H2,1-5H3,(H,54,64)(H,58,67)(H2,53,55,57,59)/t32?,33?,36-,39+,42-/m1/s1. The van der Waals surface area contributed by atoms with Gasteiger partial charge < -0.3 is 40.9 Å². The molecule has 2 aliphatic carbocycles. The number of thioether (sulfide) groups is 1. The Hall–Kier alpha value is -5.08. The van der Waals surface area contributed by atoms with Crippen molar-refractivity contribution >= 4 is 75.8 Å². The predicted octanol–water partition coefficient (Wildman–Crippen LogP) is 6.70. The van der Waals surface area contributed by atoms with Gasteiger partial charge in [0.25, 0.3) is 11.8 Å². The van der Waals surface area contributed by atoms with E-state index in [0.29, 0.717) is 58.7 Å². The van der Waals surface area contributed by atoms with Crippen molar-refractivity contribution in [3.05, 3.63) is 76.0 Å². The number of piperazine rings is 1. The molecule has 2 saturated heterocycles. The number of amides is 4. The lowest BCUT2D eigenvalue weighted by Crippen LogP contribution is -2.61. The summed E-state index contributed by atoms with van der Waals surface area (Å²) in [7, 11) is 3.28. The van der Waals surface area contributed by atoms with Crippen molar-refractivity contribution in [3.63, 3.8) is 0 Å². The van der Waals surface area contributed by atoms with Gasteiger partial charge >= 0.3 is 0 Å². The maximum atomic E-state index is 15.2. The van der Waals surface area contributed by atoms with E-state index in [4.69, 9.17) is 16.3 Å². The van der Waals surface area contributed by atoms with Gasteiger partial charge in [0.05, 0.1) is 41.2 Å². The number of benzene rings is 2. The fourth-order valence-electron chi connectivity index (χ4n) is 9.59. The Balaban J connectivity index is 0.808. The molecule has 3 atom stereocenters. The second-order valence-electron chi connectivity index (χ2n) is 19.5. The zero-order valence-corrected chi connectivity index (χ0v) is 42.8. The summed E-state index contributed by atoms with van der Waals surface area (Å²) in [6, 6.07) is 11.1. The van der Waals surface area contributed by atoms with E-state index in [1.165, 1.54) is 11.1 Å². The number of likely N-dealkylation sites (tertiary alicyclic amines) is 1. The van der Waals surface area contributed by atoms with Gasteiger partial charge in [-0.25, -0.2) is 14.4 Å². The first-order valence-electron chi connectivity index (χ1n) is 24.1. The lowest BCUT2D eigenvalue weighted by Gasteiger charge is -2.40. The summed E-state index contributed by atoms with van der Waals surface area (Å²) in [5.41, 5.74) is 3.84. The van der Waals surface area contributed by atoms with Gasteiger partial charge in [-0.15, -0.1) is 11.3 Å². The first kappa shape index (κ1) is 51.3. The van der Waals surface area contributed by atoms with Gasteiger partial charge in [-0.3, -0.25) is 24.1 Å². The largest absolute Gasteiger partial charge is 0.495 e. The van der Waals surface area contributed by atoms with Crippen LogP contribution in [0.1, 0.15) is 80.4 Å². The molecule has 2 aromatic carbocycles. The normalized spacial score (nSPS) is 21.7. The number of ether oxygens (including phenoxy) is 1. The van der Waals surface area contributed by atoms with Crippen molar-refractivity contribution in [2.24, 2.45) is 11.8 Å². The van der Waals surface area contributed by atoms with Crippen molar-refractivity contribution in [3.8, 4) is 16.2 Å². The predicted molar refractivity (Wildman–Crippen MR) is 272 cm³/mol. The molecule has 2 aliphatic heterocycles. The van der Waals surface area contributed by atoms with E-state index < -0.39 is 46.3 Å². The number of carbonyl (C=O) groups is 4. The zero-order chi connectivity index (χ0) is 49.7. The maximum Gasteiger partial charge on any atom is 0.258 e. The third-order valence-corrected chi connectivity index (χ3v) is 17.0. The van der Waals surface area contributed by atoms with Gasteiger partial charge in [-0.1, -0.05) is 35.9 Å². The molecule has 5 N–H and O–H groups in total. The number of methoxy groups -OCH3 is 1. The van der Waals surface area contributed by atoms with Crippen molar-refractivity contribution < 1.29 is 33.4 Å². The van der Waals surface area contributed by atoms with E-state index >= 15 is 4.39 Å². The van der Waals surface area contributed by atoms with Crippen LogP contribution in [0.15, 0.2) is 54.2 Å². The summed E-state index contributed by atoms with van der Waals surface area (Å²) in [6.45, 7) is 9.71. The van der Waals surface area contributed by atoms with E-state index in [2.05, 4.69) is 41.1 Å². The van der Waals surface area contributed by atoms with Crippen LogP contribution >= 0.6 is 34.7 Å². The van der Waals surface area contributed by atoms with Gasteiger partial charge in [0.15, 0.2) is 5.67 Å². The average molecular weight is 1020 g/mol. The third kappa shape index (κ3) is 12.1. The number of anilines is 3. The second kappa shape index (κ2) is 22.1. The van der Waals surface area contributed by atoms with E-state index in [-0.39, 0.29) is 38.3 Å². The molecule has 0 unspecified atom stereocenters. The molecule has 376 valence electrons. The quantitative estimate of drug-likeness (QED) is 0.0708. The molecule has 16 nitrogen and oxygen atoms in total. The second-order valence-corrected chi connectivity index (χ2v) is 22.5. The fourth-order valence-corrected chi connectivity index (χ4v) is 11.9. The van der Waals surface area contributed by atoms with Gasteiger partial charge in [0, 0.05) is 69.6 Å². The molecule has 4 aromatic rings. The van der Waals surface area contributed by atoms with Crippen molar-refractivity contribution in [2.45, 2.75) is 101 Å². The minimum Gasteiger partial charge on any atom is -0.495 e. The van der Waals surface area contributed by atoms with Gasteiger partial charge in [0.1, 0.15) is 28.7 Å². The highest BCUT2D eigenvalue weighted by atomic mass is 35.5. The molecule has 2 saturated carbocycles. The summed E-state index contributed by atoms with van der Waals surface area (Å²) in [5.74, 6) is 1.24. The van der Waals surface area contributed by atoms with Crippen LogP contribution in [0.2, 0.25) is 5.02 Å². The number of aliphatic hydroxyl groups excluding tert-OH is 1. The minimum atomic E-state index is -2.00. The van der Waals surface area contributed by atoms with Crippen LogP contribution in [0, 0.1) is 18.8 Å². The minimum absolute atomic E-state index is 0.0505. The van der Waals surface area contributed by atoms with Crippen molar-refractivity contribution in [1.29, 1.82) is 0 Å². The number of aromatic nitrogens is 3. The number of carbonyl (C=O) groups excluding carboxylic acids is 4. The molecule has 4 fully saturated rings. The van der Waals surface area contributed by atoms with Crippen molar-refractivity contribution in [1.82, 2.24) is 40.3 Å². The molecule has 4 aliphatic rings. The van der Waals surface area contributed by atoms with Crippen LogP contribution in [0.3, 0.4) is 0 Å². The number of halogens is 2. The molecule has 20 heteroatoms. The van der Waals surface area contributed by atoms with Crippen LogP contribution in [0.25, 0.3) is 10.4 Å². The van der Waals surface area contributed by atoms with Crippen LogP contribution in [0.5, 0.6) is 5.75 Å². The molecule has 4 amide bonds. The number of hydrogen-bond acceptors (Lipinski definition) is 14. The molecular weight excluding hydrogens is 955 g/mol. The summed E-state index contributed by atoms with van der Waals surface area (Å²) in [4.78, 5) is 74.9. The van der Waals surface area contributed by atoms with Gasteiger partial charge in [0.2, 0.25) is 17.8 Å². The number of β-amino-alcohol motifs (C(OH)–C–C–N with tert-alkyl or cyclic N) is 1. The lowest BCUT2D eigenvalue weighted by atomic mass is 9.82. The van der Waals surface area contributed by atoms with Crippen LogP contribution in [0.4, 0.5) is 21.8 Å². The highest BCUT2D eigenvalue weighted by Crippen LogP contribution is 2.42. The number of aliphatic hydroxyl groups is 1. The Morgan fingerprint density at radius 3 is 2.40 bits per heavy atom. The molecule has 0 radical (unpaired) electrons. The Labute approximate surface area is 422 Å². The Bertz CT molecular complexity index is 2510. The maximum absolute atomic E-state index is 15.2. The van der Waals surface area contributed by atoms with Gasteiger partial charge in [-0.05, 0) is 106 Å². The molecular formula is C50H64ClFN10O6S2. The number of alkyl halides is 1. The SMILES string of the molecule is CNc1nc(Nc2ccc(C(=O)N3CCN(CC4CCC(CSC(C)(C)[C@H](NC(=O)C5(F)CC5)C(=O)N5C[C@H](O)C[C@H]5C(=O)NCc5ccc(-c6scnc6C)cc5)CC4)CC3)cc2OC)ncc1Cl. The van der Waals surface area contributed by atoms with Crippen molar-refractivity contribution in [2.75, 3.05) is 69.8 Å². The van der Waals surface area contributed by atoms with E-state index in [9.17, 15) is 24.3 Å². The van der Waals surface area contributed by atoms with Crippen LogP contribution < -0.4 is 26.0 Å². The Morgan fingerprint density at radius 1 is 1.03 bits per heavy atom. The Morgan fingerprint density at radius 2 is 1.74 bits per heavy atom.